The van der Waals surface area contributed by atoms with E-state index in [4.69, 9.17) is 4.74 Å². The van der Waals surface area contributed by atoms with Gasteiger partial charge in [-0.1, -0.05) is 42.5 Å². The Kier molecular flexibility index (Phi) is 6.21. The molecule has 3 amide bonds. The van der Waals surface area contributed by atoms with Crippen LogP contribution >= 0.6 is 0 Å². The predicted molar refractivity (Wildman–Crippen MR) is 115 cm³/mol. The Morgan fingerprint density at radius 2 is 1.58 bits per heavy atom. The van der Waals surface area contributed by atoms with Crippen molar-refractivity contribution >= 4 is 17.7 Å². The standard InChI is InChI=1S/C24H27N3O4/c1-31-21-10-6-5-9-20(21)24(30)26-13-11-25(12-14-26)23(29)19-15-22(28)27(17-19)16-18-7-3-2-4-8-18/h2-10,19H,11-17H2,1H3. The molecule has 1 unspecified atom stereocenters. The second-order valence-corrected chi connectivity index (χ2v) is 7.98. The van der Waals surface area contributed by atoms with Crippen LogP contribution in [0.25, 0.3) is 0 Å². The summed E-state index contributed by atoms with van der Waals surface area (Å²) >= 11 is 0. The van der Waals surface area contributed by atoms with E-state index in [-0.39, 0.29) is 30.1 Å². The van der Waals surface area contributed by atoms with Crippen molar-refractivity contribution in [1.82, 2.24) is 14.7 Å². The number of hydrogen-bond donors (Lipinski definition) is 0. The molecule has 162 valence electrons. The van der Waals surface area contributed by atoms with E-state index in [9.17, 15) is 14.4 Å². The van der Waals surface area contributed by atoms with E-state index in [0.717, 1.165) is 5.56 Å². The minimum absolute atomic E-state index is 0.00769. The summed E-state index contributed by atoms with van der Waals surface area (Å²) in [5.74, 6) is 0.178. The first-order valence-corrected chi connectivity index (χ1v) is 10.6. The maximum absolute atomic E-state index is 13.0. The Balaban J connectivity index is 1.32. The fourth-order valence-corrected chi connectivity index (χ4v) is 4.27. The van der Waals surface area contributed by atoms with Crippen LogP contribution in [0.1, 0.15) is 22.3 Å². The average molecular weight is 421 g/mol. The van der Waals surface area contributed by atoms with Gasteiger partial charge in [0.2, 0.25) is 11.8 Å². The number of benzene rings is 2. The van der Waals surface area contributed by atoms with Crippen molar-refractivity contribution in [3.05, 3.63) is 65.7 Å². The number of nitrogens with zero attached hydrogens (tertiary/aromatic N) is 3. The Labute approximate surface area is 182 Å². The topological polar surface area (TPSA) is 70.2 Å². The van der Waals surface area contributed by atoms with Gasteiger partial charge in [0.15, 0.2) is 0 Å². The van der Waals surface area contributed by atoms with Gasteiger partial charge in [-0.15, -0.1) is 0 Å². The summed E-state index contributed by atoms with van der Waals surface area (Å²) in [4.78, 5) is 43.6. The van der Waals surface area contributed by atoms with E-state index in [1.165, 1.54) is 0 Å². The van der Waals surface area contributed by atoms with Crippen molar-refractivity contribution in [3.8, 4) is 5.75 Å². The minimum Gasteiger partial charge on any atom is -0.496 e. The third-order valence-corrected chi connectivity index (χ3v) is 6.00. The third kappa shape index (κ3) is 4.55. The highest BCUT2D eigenvalue weighted by Gasteiger charge is 2.37. The lowest BCUT2D eigenvalue weighted by molar-refractivity contribution is -0.137. The van der Waals surface area contributed by atoms with E-state index >= 15 is 0 Å². The molecule has 2 heterocycles. The molecule has 0 bridgehead atoms. The number of carbonyl (C=O) groups is 3. The van der Waals surface area contributed by atoms with Crippen molar-refractivity contribution in [3.63, 3.8) is 0 Å². The van der Waals surface area contributed by atoms with Gasteiger partial charge in [0.05, 0.1) is 18.6 Å². The summed E-state index contributed by atoms with van der Waals surface area (Å²) in [6.07, 6.45) is 0.256. The van der Waals surface area contributed by atoms with Crippen LogP contribution in [-0.2, 0) is 16.1 Å². The molecule has 0 saturated carbocycles. The minimum atomic E-state index is -0.312. The molecule has 31 heavy (non-hydrogen) atoms. The number of likely N-dealkylation sites (tertiary alicyclic amines) is 1. The SMILES string of the molecule is COc1ccccc1C(=O)N1CCN(C(=O)C2CC(=O)N(Cc3ccccc3)C2)CC1. The molecule has 2 aromatic carbocycles. The Bertz CT molecular complexity index is 954. The van der Waals surface area contributed by atoms with E-state index in [2.05, 4.69) is 0 Å². The Hall–Kier alpha value is -3.35. The van der Waals surface area contributed by atoms with Crippen molar-refractivity contribution in [2.75, 3.05) is 39.8 Å². The molecule has 1 atom stereocenters. The highest BCUT2D eigenvalue weighted by atomic mass is 16.5. The lowest BCUT2D eigenvalue weighted by Gasteiger charge is -2.36. The molecule has 0 N–H and O–H groups in total. The summed E-state index contributed by atoms with van der Waals surface area (Å²) in [6.45, 7) is 2.87. The fourth-order valence-electron chi connectivity index (χ4n) is 4.27. The molecular formula is C24H27N3O4. The van der Waals surface area contributed by atoms with Gasteiger partial charge in [-0.05, 0) is 17.7 Å². The monoisotopic (exact) mass is 421 g/mol. The quantitative estimate of drug-likeness (QED) is 0.741. The lowest BCUT2D eigenvalue weighted by atomic mass is 10.1. The third-order valence-electron chi connectivity index (χ3n) is 6.00. The van der Waals surface area contributed by atoms with Crippen LogP contribution in [0.2, 0.25) is 0 Å². The summed E-state index contributed by atoms with van der Waals surface area (Å²) in [5, 5.41) is 0. The molecule has 7 nitrogen and oxygen atoms in total. The molecule has 4 rings (SSSR count). The lowest BCUT2D eigenvalue weighted by Crippen LogP contribution is -2.52. The molecule has 2 aliphatic heterocycles. The summed E-state index contributed by atoms with van der Waals surface area (Å²) in [6, 6.07) is 17.0. The second kappa shape index (κ2) is 9.20. The first-order chi connectivity index (χ1) is 15.1. The summed E-state index contributed by atoms with van der Waals surface area (Å²) < 4.78 is 5.30. The molecular weight excluding hydrogens is 394 g/mol. The van der Waals surface area contributed by atoms with Gasteiger partial charge in [-0.25, -0.2) is 0 Å². The van der Waals surface area contributed by atoms with E-state index in [1.54, 1.807) is 33.9 Å². The van der Waals surface area contributed by atoms with Crippen LogP contribution < -0.4 is 4.74 Å². The zero-order valence-corrected chi connectivity index (χ0v) is 17.7. The van der Waals surface area contributed by atoms with Crippen LogP contribution in [-0.4, -0.2) is 72.3 Å². The maximum Gasteiger partial charge on any atom is 0.257 e. The predicted octanol–water partition coefficient (Wildman–Crippen LogP) is 2.03. The molecule has 2 aromatic rings. The molecule has 2 aliphatic rings. The number of carbonyl (C=O) groups excluding carboxylic acids is 3. The van der Waals surface area contributed by atoms with Crippen molar-refractivity contribution in [2.45, 2.75) is 13.0 Å². The summed E-state index contributed by atoms with van der Waals surface area (Å²) in [7, 11) is 1.55. The fraction of sp³-hybridized carbons (Fsp3) is 0.375. The average Bonchev–Trinajstić information content (AvgIpc) is 3.18. The molecule has 0 aromatic heterocycles. The highest BCUT2D eigenvalue weighted by Crippen LogP contribution is 2.24. The maximum atomic E-state index is 13.0. The zero-order valence-electron chi connectivity index (χ0n) is 17.7. The number of piperazine rings is 1. The Morgan fingerprint density at radius 3 is 2.29 bits per heavy atom. The first-order valence-electron chi connectivity index (χ1n) is 10.6. The Morgan fingerprint density at radius 1 is 0.935 bits per heavy atom. The molecule has 2 fully saturated rings. The number of hydrogen-bond acceptors (Lipinski definition) is 4. The normalized spacial score (nSPS) is 18.9. The van der Waals surface area contributed by atoms with E-state index in [1.807, 2.05) is 42.5 Å². The number of amides is 3. The van der Waals surface area contributed by atoms with Crippen LogP contribution in [0.3, 0.4) is 0 Å². The van der Waals surface area contributed by atoms with Crippen LogP contribution in [0.5, 0.6) is 5.75 Å². The van der Waals surface area contributed by atoms with Gasteiger partial charge in [0, 0.05) is 45.7 Å². The molecule has 0 aliphatic carbocycles. The number of methoxy groups -OCH3 is 1. The van der Waals surface area contributed by atoms with Gasteiger partial charge < -0.3 is 19.4 Å². The zero-order chi connectivity index (χ0) is 21.8. The molecule has 2 saturated heterocycles. The van der Waals surface area contributed by atoms with Gasteiger partial charge in [-0.2, -0.15) is 0 Å². The largest absolute Gasteiger partial charge is 0.496 e. The van der Waals surface area contributed by atoms with Crippen LogP contribution in [0.4, 0.5) is 0 Å². The first kappa shape index (κ1) is 20.9. The van der Waals surface area contributed by atoms with Crippen molar-refractivity contribution in [1.29, 1.82) is 0 Å². The van der Waals surface area contributed by atoms with Gasteiger partial charge in [-0.3, -0.25) is 14.4 Å². The number of ether oxygens (including phenoxy) is 1. The van der Waals surface area contributed by atoms with Gasteiger partial charge in [0.1, 0.15) is 5.75 Å². The van der Waals surface area contributed by atoms with E-state index < -0.39 is 0 Å². The molecule has 0 spiro atoms. The number of rotatable bonds is 5. The van der Waals surface area contributed by atoms with Crippen LogP contribution in [0.15, 0.2) is 54.6 Å². The van der Waals surface area contributed by atoms with E-state index in [0.29, 0.717) is 50.6 Å². The second-order valence-electron chi connectivity index (χ2n) is 7.98. The van der Waals surface area contributed by atoms with Gasteiger partial charge >= 0.3 is 0 Å². The highest BCUT2D eigenvalue weighted by molar-refractivity contribution is 5.97. The van der Waals surface area contributed by atoms with Gasteiger partial charge in [0.25, 0.3) is 5.91 Å². The summed E-state index contributed by atoms with van der Waals surface area (Å²) in [5.41, 5.74) is 1.59. The van der Waals surface area contributed by atoms with Crippen molar-refractivity contribution in [2.24, 2.45) is 5.92 Å². The smallest absolute Gasteiger partial charge is 0.257 e. The molecule has 7 heteroatoms. The van der Waals surface area contributed by atoms with Crippen LogP contribution in [0, 0.1) is 5.92 Å². The molecule has 0 radical (unpaired) electrons. The number of para-hydroxylation sites is 1. The van der Waals surface area contributed by atoms with Crippen molar-refractivity contribution < 1.29 is 19.1 Å².